The van der Waals surface area contributed by atoms with Gasteiger partial charge in [0.25, 0.3) is 0 Å². The number of unbranched alkanes of at least 4 members (excludes halogenated alkanes) is 30. The Kier molecular flexibility index (Phi) is 43.9. The molecule has 11 nitrogen and oxygen atoms in total. The van der Waals surface area contributed by atoms with Crippen LogP contribution in [0.1, 0.15) is 251 Å². The van der Waals surface area contributed by atoms with Crippen LogP contribution in [0, 0.1) is 0 Å². The molecule has 1 heterocycles. The minimum Gasteiger partial charge on any atom is -0.394 e. The van der Waals surface area contributed by atoms with Gasteiger partial charge >= 0.3 is 0 Å². The molecular formula is C57H107NO10. The third-order valence-corrected chi connectivity index (χ3v) is 13.7. The highest BCUT2D eigenvalue weighted by Gasteiger charge is 2.44. The molecule has 11 heteroatoms. The average Bonchev–Trinajstić information content (AvgIpc) is 3.34. The van der Waals surface area contributed by atoms with E-state index in [0.717, 1.165) is 44.9 Å². The zero-order chi connectivity index (χ0) is 49.7. The van der Waals surface area contributed by atoms with E-state index in [-0.39, 0.29) is 12.8 Å². The van der Waals surface area contributed by atoms with Crippen molar-refractivity contribution >= 4 is 5.91 Å². The standard InChI is InChI=1S/C57H107NO10/c1-3-5-7-9-11-13-15-17-19-21-23-24-25-26-27-29-30-32-34-36-38-40-42-44-49(60)52(62)48(47-67-57-55(65)54(64)53(63)51(46-59)68-57)58-56(66)50(61)45-43-41-39-37-35-33-31-28-22-20-18-16-14-12-10-8-6-4-2/h24-25,29-30,36,38,48-55,57,59-65H,3-23,26-28,31-35,37,39-47H2,1-2H3,(H,58,66)/b25-24+,30-29+,38-36+. The first-order valence-corrected chi connectivity index (χ1v) is 28.4. The second-order valence-corrected chi connectivity index (χ2v) is 20.0. The number of carbonyl (C=O) groups excluding carboxylic acids is 1. The van der Waals surface area contributed by atoms with Crippen molar-refractivity contribution in [2.24, 2.45) is 0 Å². The van der Waals surface area contributed by atoms with Gasteiger partial charge in [-0.3, -0.25) is 4.79 Å². The number of aliphatic hydroxyl groups excluding tert-OH is 7. The number of hydrogen-bond acceptors (Lipinski definition) is 10. The van der Waals surface area contributed by atoms with Crippen molar-refractivity contribution < 1.29 is 50.0 Å². The molecular weight excluding hydrogens is 859 g/mol. The van der Waals surface area contributed by atoms with Crippen molar-refractivity contribution in [1.29, 1.82) is 0 Å². The van der Waals surface area contributed by atoms with Crippen LogP contribution in [0.5, 0.6) is 0 Å². The highest BCUT2D eigenvalue weighted by molar-refractivity contribution is 5.80. The summed E-state index contributed by atoms with van der Waals surface area (Å²) >= 11 is 0. The number of carbonyl (C=O) groups is 1. The summed E-state index contributed by atoms with van der Waals surface area (Å²) in [4.78, 5) is 13.2. The van der Waals surface area contributed by atoms with E-state index in [0.29, 0.717) is 19.3 Å². The fourth-order valence-electron chi connectivity index (χ4n) is 9.00. The van der Waals surface area contributed by atoms with Crippen molar-refractivity contribution in [3.8, 4) is 0 Å². The molecule has 9 unspecified atom stereocenters. The molecule has 1 fully saturated rings. The van der Waals surface area contributed by atoms with Crippen molar-refractivity contribution in [2.75, 3.05) is 13.2 Å². The van der Waals surface area contributed by atoms with Crippen LogP contribution in [0.2, 0.25) is 0 Å². The van der Waals surface area contributed by atoms with Crippen LogP contribution in [0.3, 0.4) is 0 Å². The molecule has 68 heavy (non-hydrogen) atoms. The van der Waals surface area contributed by atoms with Crippen LogP contribution in [0.4, 0.5) is 0 Å². The van der Waals surface area contributed by atoms with Gasteiger partial charge in [0.05, 0.1) is 25.4 Å². The molecule has 0 saturated carbocycles. The van der Waals surface area contributed by atoms with E-state index in [1.165, 1.54) is 161 Å². The van der Waals surface area contributed by atoms with Crippen LogP contribution < -0.4 is 5.32 Å². The van der Waals surface area contributed by atoms with Gasteiger partial charge in [-0.1, -0.05) is 224 Å². The molecule has 400 valence electrons. The summed E-state index contributed by atoms with van der Waals surface area (Å²) < 4.78 is 11.1. The van der Waals surface area contributed by atoms with Gasteiger partial charge in [0.2, 0.25) is 5.91 Å². The van der Waals surface area contributed by atoms with Crippen LogP contribution >= 0.6 is 0 Å². The Morgan fingerprint density at radius 3 is 1.31 bits per heavy atom. The highest BCUT2D eigenvalue weighted by atomic mass is 16.7. The lowest BCUT2D eigenvalue weighted by molar-refractivity contribution is -0.303. The van der Waals surface area contributed by atoms with Gasteiger partial charge in [0.1, 0.15) is 36.6 Å². The van der Waals surface area contributed by atoms with E-state index in [2.05, 4.69) is 55.6 Å². The molecule has 0 aliphatic carbocycles. The maximum absolute atomic E-state index is 13.2. The van der Waals surface area contributed by atoms with Gasteiger partial charge in [-0.25, -0.2) is 0 Å². The maximum Gasteiger partial charge on any atom is 0.249 e. The topological polar surface area (TPSA) is 189 Å². The molecule has 0 aromatic heterocycles. The second-order valence-electron chi connectivity index (χ2n) is 20.0. The number of amides is 1. The molecule has 1 rings (SSSR count). The van der Waals surface area contributed by atoms with Crippen molar-refractivity contribution in [2.45, 2.75) is 306 Å². The number of hydrogen-bond donors (Lipinski definition) is 8. The van der Waals surface area contributed by atoms with Crippen molar-refractivity contribution in [1.82, 2.24) is 5.32 Å². The fourth-order valence-corrected chi connectivity index (χ4v) is 9.00. The SMILES string of the molecule is CCCCCCCCCCCC/C=C/CC/C=C/CC/C=C/CCCC(O)C(O)C(COC1OC(CO)C(O)C(O)C1O)NC(=O)C(O)CCCCCCCCCCCCCCCCCCCC. The monoisotopic (exact) mass is 966 g/mol. The van der Waals surface area contributed by atoms with E-state index < -0.39 is 74.2 Å². The minimum atomic E-state index is -1.67. The maximum atomic E-state index is 13.2. The van der Waals surface area contributed by atoms with Crippen molar-refractivity contribution in [3.63, 3.8) is 0 Å². The highest BCUT2D eigenvalue weighted by Crippen LogP contribution is 2.23. The van der Waals surface area contributed by atoms with Crippen LogP contribution in [-0.4, -0.2) is 110 Å². The lowest BCUT2D eigenvalue weighted by Gasteiger charge is -2.40. The predicted molar refractivity (Wildman–Crippen MR) is 279 cm³/mol. The van der Waals surface area contributed by atoms with E-state index >= 15 is 0 Å². The molecule has 0 bridgehead atoms. The molecule has 0 radical (unpaired) electrons. The van der Waals surface area contributed by atoms with Crippen molar-refractivity contribution in [3.05, 3.63) is 36.5 Å². The minimum absolute atomic E-state index is 0.242. The van der Waals surface area contributed by atoms with Crippen LogP contribution in [0.25, 0.3) is 0 Å². The van der Waals surface area contributed by atoms with Crippen LogP contribution in [-0.2, 0) is 14.3 Å². The summed E-state index contributed by atoms with van der Waals surface area (Å²) in [7, 11) is 0. The zero-order valence-corrected chi connectivity index (χ0v) is 43.6. The quantitative estimate of drug-likeness (QED) is 0.0215. The molecule has 0 aromatic rings. The largest absolute Gasteiger partial charge is 0.394 e. The van der Waals surface area contributed by atoms with E-state index in [1.807, 2.05) is 0 Å². The first-order valence-electron chi connectivity index (χ1n) is 28.4. The van der Waals surface area contributed by atoms with Crippen LogP contribution in [0.15, 0.2) is 36.5 Å². The Morgan fingerprint density at radius 2 is 0.882 bits per heavy atom. The van der Waals surface area contributed by atoms with E-state index in [4.69, 9.17) is 9.47 Å². The Morgan fingerprint density at radius 1 is 0.500 bits per heavy atom. The Bertz CT molecular complexity index is 1200. The Labute approximate surface area is 416 Å². The Balaban J connectivity index is 2.37. The summed E-state index contributed by atoms with van der Waals surface area (Å²) in [6, 6.07) is -1.19. The Hall–Kier alpha value is -1.67. The molecule has 1 aliphatic rings. The lowest BCUT2D eigenvalue weighted by atomic mass is 9.98. The van der Waals surface area contributed by atoms with Gasteiger partial charge < -0.3 is 50.5 Å². The summed E-state index contributed by atoms with van der Waals surface area (Å²) in [6.45, 7) is 3.45. The summed E-state index contributed by atoms with van der Waals surface area (Å²) in [6.07, 6.45) is 44.8. The average molecular weight is 966 g/mol. The molecule has 1 saturated heterocycles. The van der Waals surface area contributed by atoms with Gasteiger partial charge in [-0.2, -0.15) is 0 Å². The van der Waals surface area contributed by atoms with Gasteiger partial charge in [-0.05, 0) is 64.2 Å². The lowest BCUT2D eigenvalue weighted by Crippen LogP contribution is -2.60. The number of rotatable bonds is 48. The third-order valence-electron chi connectivity index (χ3n) is 13.7. The molecule has 9 atom stereocenters. The number of aliphatic hydroxyl groups is 7. The first kappa shape index (κ1) is 64.3. The van der Waals surface area contributed by atoms with Gasteiger partial charge in [0.15, 0.2) is 6.29 Å². The predicted octanol–water partition coefficient (Wildman–Crippen LogP) is 11.5. The third kappa shape index (κ3) is 34.6. The molecule has 8 N–H and O–H groups in total. The molecule has 0 aromatic carbocycles. The molecule has 1 aliphatic heterocycles. The second kappa shape index (κ2) is 46.4. The number of allylic oxidation sites excluding steroid dienone is 6. The molecule has 0 spiro atoms. The molecule has 1 amide bonds. The summed E-state index contributed by atoms with van der Waals surface area (Å²) in [5.41, 5.74) is 0. The summed E-state index contributed by atoms with van der Waals surface area (Å²) in [5.74, 6) is -0.710. The van der Waals surface area contributed by atoms with Gasteiger partial charge in [0, 0.05) is 0 Å². The smallest absolute Gasteiger partial charge is 0.249 e. The number of ether oxygens (including phenoxy) is 2. The van der Waals surface area contributed by atoms with E-state index in [1.54, 1.807) is 0 Å². The van der Waals surface area contributed by atoms with Gasteiger partial charge in [-0.15, -0.1) is 0 Å². The first-order chi connectivity index (χ1) is 33.2. The normalized spacial score (nSPS) is 20.8. The number of nitrogens with one attached hydrogen (secondary N) is 1. The summed E-state index contributed by atoms with van der Waals surface area (Å²) in [5, 5.41) is 76.0. The van der Waals surface area contributed by atoms with E-state index in [9.17, 15) is 40.5 Å². The fraction of sp³-hybridized carbons (Fsp3) is 0.877. The zero-order valence-electron chi connectivity index (χ0n) is 43.6.